The number of hydrogen-bond donors (Lipinski definition) is 1. The summed E-state index contributed by atoms with van der Waals surface area (Å²) in [6.07, 6.45) is 1.51. The third kappa shape index (κ3) is 2.90. The largest absolute Gasteiger partial charge is 0.481 e. The fourth-order valence-corrected chi connectivity index (χ4v) is 2.71. The summed E-state index contributed by atoms with van der Waals surface area (Å²) < 4.78 is 0.655. The van der Waals surface area contributed by atoms with E-state index in [2.05, 4.69) is 20.9 Å². The summed E-state index contributed by atoms with van der Waals surface area (Å²) in [7, 11) is 0. The lowest BCUT2D eigenvalue weighted by Gasteiger charge is -2.16. The van der Waals surface area contributed by atoms with Crippen LogP contribution >= 0.6 is 27.5 Å². The van der Waals surface area contributed by atoms with Crippen molar-refractivity contribution in [3.05, 3.63) is 27.5 Å². The van der Waals surface area contributed by atoms with Crippen molar-refractivity contribution in [1.29, 1.82) is 0 Å². The molecule has 1 aliphatic rings. The van der Waals surface area contributed by atoms with Gasteiger partial charge in [-0.15, -0.1) is 0 Å². The number of amides is 1. The molecule has 1 N–H and O–H groups in total. The maximum absolute atomic E-state index is 12.3. The number of carbonyl (C=O) groups is 2. The van der Waals surface area contributed by atoms with E-state index in [4.69, 9.17) is 16.7 Å². The number of aromatic nitrogens is 1. The maximum atomic E-state index is 12.3. The Hall–Kier alpha value is -1.14. The van der Waals surface area contributed by atoms with Crippen molar-refractivity contribution in [2.75, 3.05) is 13.1 Å². The monoisotopic (exact) mass is 346 g/mol. The molecule has 0 bridgehead atoms. The summed E-state index contributed by atoms with van der Waals surface area (Å²) in [6.45, 7) is 2.45. The second kappa shape index (κ2) is 5.46. The molecular formula is C12H12BrClN2O3. The molecular weight excluding hydrogens is 336 g/mol. The molecule has 0 saturated carbocycles. The molecule has 1 aromatic heterocycles. The first-order valence-electron chi connectivity index (χ1n) is 5.73. The van der Waals surface area contributed by atoms with Crippen LogP contribution in [0.5, 0.6) is 0 Å². The number of pyridine rings is 1. The minimum Gasteiger partial charge on any atom is -0.481 e. The van der Waals surface area contributed by atoms with Crippen LogP contribution in [0.1, 0.15) is 17.3 Å². The maximum Gasteiger partial charge on any atom is 0.308 e. The first-order valence-corrected chi connectivity index (χ1v) is 6.90. The molecule has 1 aliphatic heterocycles. The highest BCUT2D eigenvalue weighted by atomic mass is 79.9. The number of nitrogens with zero attached hydrogens (tertiary/aromatic N) is 2. The Morgan fingerprint density at radius 1 is 1.53 bits per heavy atom. The Balaban J connectivity index is 2.22. The van der Waals surface area contributed by atoms with E-state index in [1.807, 2.05) is 6.92 Å². The number of carboxylic acid groups (broad SMARTS) is 1. The van der Waals surface area contributed by atoms with Gasteiger partial charge in [0.1, 0.15) is 5.15 Å². The van der Waals surface area contributed by atoms with Gasteiger partial charge in [-0.1, -0.05) is 18.5 Å². The van der Waals surface area contributed by atoms with Gasteiger partial charge in [0.15, 0.2) is 0 Å². The van der Waals surface area contributed by atoms with Crippen LogP contribution in [-0.4, -0.2) is 40.0 Å². The van der Waals surface area contributed by atoms with E-state index in [1.54, 1.807) is 6.07 Å². The normalized spacial score (nSPS) is 22.6. The van der Waals surface area contributed by atoms with Crippen LogP contribution in [0.4, 0.5) is 0 Å². The summed E-state index contributed by atoms with van der Waals surface area (Å²) >= 11 is 9.14. The molecule has 7 heteroatoms. The summed E-state index contributed by atoms with van der Waals surface area (Å²) in [5.41, 5.74) is 0.286. The van der Waals surface area contributed by atoms with Gasteiger partial charge in [0.05, 0.1) is 11.5 Å². The molecule has 5 nitrogen and oxygen atoms in total. The van der Waals surface area contributed by atoms with Gasteiger partial charge in [-0.25, -0.2) is 4.98 Å². The Morgan fingerprint density at radius 3 is 2.79 bits per heavy atom. The molecule has 1 saturated heterocycles. The summed E-state index contributed by atoms with van der Waals surface area (Å²) in [5.74, 6) is -1.75. The summed E-state index contributed by atoms with van der Waals surface area (Å²) in [5, 5.41) is 9.19. The third-order valence-electron chi connectivity index (χ3n) is 3.25. The van der Waals surface area contributed by atoms with E-state index in [0.29, 0.717) is 11.0 Å². The molecule has 0 aromatic carbocycles. The van der Waals surface area contributed by atoms with Gasteiger partial charge in [0, 0.05) is 23.8 Å². The van der Waals surface area contributed by atoms with Gasteiger partial charge in [0.2, 0.25) is 0 Å². The van der Waals surface area contributed by atoms with E-state index in [0.717, 1.165) is 0 Å². The van der Waals surface area contributed by atoms with Crippen LogP contribution in [0.2, 0.25) is 5.15 Å². The Labute approximate surface area is 123 Å². The zero-order valence-electron chi connectivity index (χ0n) is 10.1. The Kier molecular flexibility index (Phi) is 4.10. The van der Waals surface area contributed by atoms with Crippen molar-refractivity contribution >= 4 is 39.4 Å². The van der Waals surface area contributed by atoms with Gasteiger partial charge < -0.3 is 10.0 Å². The van der Waals surface area contributed by atoms with Gasteiger partial charge >= 0.3 is 5.97 Å². The van der Waals surface area contributed by atoms with Crippen molar-refractivity contribution in [3.8, 4) is 0 Å². The Bertz CT molecular complexity index is 538. The molecule has 2 unspecified atom stereocenters. The Morgan fingerprint density at radius 2 is 2.21 bits per heavy atom. The SMILES string of the molecule is CC1CN(C(=O)c2cc(Br)cnc2Cl)CC1C(=O)O. The van der Waals surface area contributed by atoms with Crippen LogP contribution in [0.3, 0.4) is 0 Å². The topological polar surface area (TPSA) is 70.5 Å². The van der Waals surface area contributed by atoms with Gasteiger partial charge in [-0.05, 0) is 27.9 Å². The van der Waals surface area contributed by atoms with Crippen LogP contribution < -0.4 is 0 Å². The fraction of sp³-hybridized carbons (Fsp3) is 0.417. The molecule has 2 rings (SSSR count). The van der Waals surface area contributed by atoms with E-state index in [9.17, 15) is 9.59 Å². The van der Waals surface area contributed by atoms with Crippen LogP contribution in [0, 0.1) is 11.8 Å². The van der Waals surface area contributed by atoms with E-state index < -0.39 is 11.9 Å². The highest BCUT2D eigenvalue weighted by molar-refractivity contribution is 9.10. The zero-order chi connectivity index (χ0) is 14.2. The minimum absolute atomic E-state index is 0.0691. The number of likely N-dealkylation sites (tertiary alicyclic amines) is 1. The highest BCUT2D eigenvalue weighted by Gasteiger charge is 2.37. The second-order valence-corrected chi connectivity index (χ2v) is 5.90. The van der Waals surface area contributed by atoms with Crippen LogP contribution in [0.15, 0.2) is 16.7 Å². The molecule has 1 aromatic rings. The molecule has 19 heavy (non-hydrogen) atoms. The lowest BCUT2D eigenvalue weighted by molar-refractivity contribution is -0.142. The third-order valence-corrected chi connectivity index (χ3v) is 3.99. The van der Waals surface area contributed by atoms with E-state index in [1.165, 1.54) is 11.1 Å². The van der Waals surface area contributed by atoms with Crippen LogP contribution in [0.25, 0.3) is 0 Å². The number of carbonyl (C=O) groups excluding carboxylic acids is 1. The predicted octanol–water partition coefficient (Wildman–Crippen LogP) is 2.29. The fourth-order valence-electron chi connectivity index (χ4n) is 2.20. The average Bonchev–Trinajstić information content (AvgIpc) is 2.74. The second-order valence-electron chi connectivity index (χ2n) is 4.62. The van der Waals surface area contributed by atoms with Crippen molar-refractivity contribution in [2.24, 2.45) is 11.8 Å². The molecule has 1 fully saturated rings. The van der Waals surface area contributed by atoms with E-state index >= 15 is 0 Å². The number of carboxylic acids is 1. The number of hydrogen-bond acceptors (Lipinski definition) is 3. The van der Waals surface area contributed by atoms with Crippen molar-refractivity contribution in [1.82, 2.24) is 9.88 Å². The van der Waals surface area contributed by atoms with Crippen molar-refractivity contribution in [3.63, 3.8) is 0 Å². The molecule has 102 valence electrons. The number of halogens is 2. The molecule has 1 amide bonds. The lowest BCUT2D eigenvalue weighted by Crippen LogP contribution is -2.30. The molecule has 0 spiro atoms. The first-order chi connectivity index (χ1) is 8.90. The molecule has 0 radical (unpaired) electrons. The molecule has 2 atom stereocenters. The lowest BCUT2D eigenvalue weighted by atomic mass is 9.99. The minimum atomic E-state index is -0.874. The number of aliphatic carboxylic acids is 1. The predicted molar refractivity (Wildman–Crippen MR) is 73.1 cm³/mol. The van der Waals surface area contributed by atoms with Gasteiger partial charge in [0.25, 0.3) is 5.91 Å². The average molecular weight is 348 g/mol. The molecule has 2 heterocycles. The molecule has 0 aliphatic carbocycles. The quantitative estimate of drug-likeness (QED) is 0.833. The standard InChI is InChI=1S/C12H12BrClN2O3/c1-6-4-16(5-9(6)12(18)19)11(17)8-2-7(13)3-15-10(8)14/h2-3,6,9H,4-5H2,1H3,(H,18,19). The van der Waals surface area contributed by atoms with Crippen molar-refractivity contribution < 1.29 is 14.7 Å². The van der Waals surface area contributed by atoms with Crippen LogP contribution in [-0.2, 0) is 4.79 Å². The van der Waals surface area contributed by atoms with E-state index in [-0.39, 0.29) is 29.1 Å². The van der Waals surface area contributed by atoms with Crippen molar-refractivity contribution in [2.45, 2.75) is 6.92 Å². The zero-order valence-corrected chi connectivity index (χ0v) is 12.5. The van der Waals surface area contributed by atoms with Gasteiger partial charge in [-0.2, -0.15) is 0 Å². The summed E-state index contributed by atoms with van der Waals surface area (Å²) in [4.78, 5) is 28.8. The number of rotatable bonds is 2. The summed E-state index contributed by atoms with van der Waals surface area (Å²) in [6, 6.07) is 1.59. The highest BCUT2D eigenvalue weighted by Crippen LogP contribution is 2.27. The smallest absolute Gasteiger partial charge is 0.308 e. The first kappa shape index (κ1) is 14.3. The van der Waals surface area contributed by atoms with Gasteiger partial charge in [-0.3, -0.25) is 9.59 Å².